The maximum atomic E-state index is 14.1. The predicted octanol–water partition coefficient (Wildman–Crippen LogP) is 4.08. The molecule has 4 nitrogen and oxygen atoms in total. The second kappa shape index (κ2) is 6.38. The smallest absolute Gasteiger partial charge is 0.253 e. The average Bonchev–Trinajstić information content (AvgIpc) is 2.95. The summed E-state index contributed by atoms with van der Waals surface area (Å²) >= 11 is 6.89. The molecule has 1 saturated heterocycles. The zero-order chi connectivity index (χ0) is 17.5. The van der Waals surface area contributed by atoms with Gasteiger partial charge in [-0.1, -0.05) is 29.8 Å². The number of benzene rings is 1. The van der Waals surface area contributed by atoms with E-state index in [4.69, 9.17) is 16.3 Å². The number of morpholine rings is 1. The Morgan fingerprint density at radius 3 is 2.62 bits per heavy atom. The predicted molar refractivity (Wildman–Crippen MR) is 92.4 cm³/mol. The topological polar surface area (TPSA) is 46.6 Å². The highest BCUT2D eigenvalue weighted by Crippen LogP contribution is 2.37. The lowest BCUT2D eigenvalue weighted by molar-refractivity contribution is -0.0667. The van der Waals surface area contributed by atoms with Crippen LogP contribution in [0.1, 0.15) is 25.5 Å². The van der Waals surface area contributed by atoms with Gasteiger partial charge in [-0.2, -0.15) is 4.31 Å². The average molecular weight is 390 g/mol. The Labute approximate surface area is 149 Å². The van der Waals surface area contributed by atoms with Crippen LogP contribution in [0, 0.1) is 5.82 Å². The van der Waals surface area contributed by atoms with E-state index >= 15 is 0 Å². The second-order valence-electron chi connectivity index (χ2n) is 6.23. The summed E-state index contributed by atoms with van der Waals surface area (Å²) in [5, 5.41) is 0. The molecule has 0 amide bonds. The van der Waals surface area contributed by atoms with Gasteiger partial charge in [0, 0.05) is 12.1 Å². The van der Waals surface area contributed by atoms with Crippen LogP contribution in [-0.2, 0) is 14.8 Å². The number of halogens is 2. The third-order valence-electron chi connectivity index (χ3n) is 3.99. The molecule has 1 fully saturated rings. The highest BCUT2D eigenvalue weighted by molar-refractivity contribution is 7.91. The molecule has 1 atom stereocenters. The Kier molecular flexibility index (Phi) is 4.74. The molecule has 1 aliphatic rings. The van der Waals surface area contributed by atoms with Crippen LogP contribution in [0.3, 0.4) is 0 Å². The minimum Gasteiger partial charge on any atom is -0.370 e. The fourth-order valence-corrected chi connectivity index (χ4v) is 6.09. The molecular weight excluding hydrogens is 373 g/mol. The van der Waals surface area contributed by atoms with E-state index in [2.05, 4.69) is 0 Å². The molecule has 0 radical (unpaired) electrons. The van der Waals surface area contributed by atoms with E-state index in [9.17, 15) is 12.8 Å². The summed E-state index contributed by atoms with van der Waals surface area (Å²) in [6.45, 7) is 3.80. The number of nitrogens with zero attached hydrogens (tertiary/aromatic N) is 1. The lowest BCUT2D eigenvalue weighted by atomic mass is 10.0. The molecule has 24 heavy (non-hydrogen) atoms. The molecule has 8 heteroatoms. The zero-order valence-electron chi connectivity index (χ0n) is 13.2. The maximum Gasteiger partial charge on any atom is 0.253 e. The fourth-order valence-electron chi connectivity index (χ4n) is 2.72. The number of hydrogen-bond donors (Lipinski definition) is 0. The number of hydrogen-bond acceptors (Lipinski definition) is 4. The molecule has 0 spiro atoms. The van der Waals surface area contributed by atoms with E-state index in [1.807, 2.05) is 0 Å². The largest absolute Gasteiger partial charge is 0.370 e. The van der Waals surface area contributed by atoms with Crippen molar-refractivity contribution in [2.75, 3.05) is 13.2 Å². The molecule has 0 N–H and O–H groups in total. The summed E-state index contributed by atoms with van der Waals surface area (Å²) in [5.41, 5.74) is -0.380. The number of sulfonamides is 1. The standard InChI is InChI=1S/C16H17ClFNO3S2/c1-16(2)10-22-13(11-5-3-4-6-12(11)18)9-19(16)24(20,21)15-8-7-14(17)23-15/h3-8,13H,9-10H2,1-2H3. The number of thiophene rings is 1. The van der Waals surface area contributed by atoms with Gasteiger partial charge in [-0.25, -0.2) is 12.8 Å². The molecule has 1 aromatic carbocycles. The van der Waals surface area contributed by atoms with E-state index in [0.29, 0.717) is 9.90 Å². The Morgan fingerprint density at radius 2 is 2.00 bits per heavy atom. The number of rotatable bonds is 3. The van der Waals surface area contributed by atoms with Crippen molar-refractivity contribution in [3.8, 4) is 0 Å². The quantitative estimate of drug-likeness (QED) is 0.794. The van der Waals surface area contributed by atoms with Crippen LogP contribution in [0.5, 0.6) is 0 Å². The molecule has 0 saturated carbocycles. The van der Waals surface area contributed by atoms with Gasteiger partial charge in [-0.05, 0) is 32.0 Å². The third-order valence-corrected chi connectivity index (χ3v) is 7.77. The van der Waals surface area contributed by atoms with E-state index in [0.717, 1.165) is 11.3 Å². The van der Waals surface area contributed by atoms with Crippen LogP contribution >= 0.6 is 22.9 Å². The molecular formula is C16H17ClFNO3S2. The molecule has 130 valence electrons. The van der Waals surface area contributed by atoms with Crippen LogP contribution in [0.15, 0.2) is 40.6 Å². The summed E-state index contributed by atoms with van der Waals surface area (Å²) in [6, 6.07) is 9.31. The molecule has 2 heterocycles. The second-order valence-corrected chi connectivity index (χ2v) is 10.0. The lowest BCUT2D eigenvalue weighted by Gasteiger charge is -2.44. The van der Waals surface area contributed by atoms with Crippen LogP contribution in [0.4, 0.5) is 4.39 Å². The monoisotopic (exact) mass is 389 g/mol. The van der Waals surface area contributed by atoms with Gasteiger partial charge in [0.15, 0.2) is 0 Å². The molecule has 1 aromatic heterocycles. The van der Waals surface area contributed by atoms with Gasteiger partial charge in [0.25, 0.3) is 10.0 Å². The van der Waals surface area contributed by atoms with Gasteiger partial charge in [-0.3, -0.25) is 0 Å². The molecule has 1 unspecified atom stereocenters. The van der Waals surface area contributed by atoms with Crippen molar-refractivity contribution in [3.63, 3.8) is 0 Å². The molecule has 3 rings (SSSR count). The van der Waals surface area contributed by atoms with E-state index in [-0.39, 0.29) is 17.4 Å². The molecule has 0 aliphatic carbocycles. The Bertz CT molecular complexity index is 851. The highest BCUT2D eigenvalue weighted by atomic mass is 35.5. The lowest BCUT2D eigenvalue weighted by Crippen LogP contribution is -2.56. The van der Waals surface area contributed by atoms with Crippen molar-refractivity contribution in [1.29, 1.82) is 0 Å². The van der Waals surface area contributed by atoms with Crippen molar-refractivity contribution in [1.82, 2.24) is 4.31 Å². The van der Waals surface area contributed by atoms with Gasteiger partial charge in [0.05, 0.1) is 22.6 Å². The van der Waals surface area contributed by atoms with Crippen molar-refractivity contribution in [2.45, 2.75) is 29.7 Å². The first kappa shape index (κ1) is 17.8. The third kappa shape index (κ3) is 3.23. The Balaban J connectivity index is 1.97. The van der Waals surface area contributed by atoms with E-state index in [1.54, 1.807) is 38.1 Å². The van der Waals surface area contributed by atoms with Crippen molar-refractivity contribution >= 4 is 33.0 Å². The van der Waals surface area contributed by atoms with Gasteiger partial charge in [0.1, 0.15) is 10.0 Å². The summed E-state index contributed by atoms with van der Waals surface area (Å²) in [7, 11) is -3.74. The van der Waals surface area contributed by atoms with Crippen molar-refractivity contribution in [2.24, 2.45) is 0 Å². The van der Waals surface area contributed by atoms with Crippen LogP contribution in [0.25, 0.3) is 0 Å². The summed E-state index contributed by atoms with van der Waals surface area (Å²) in [5.74, 6) is -0.404. The molecule has 1 aliphatic heterocycles. The van der Waals surface area contributed by atoms with Gasteiger partial charge in [-0.15, -0.1) is 11.3 Å². The maximum absolute atomic E-state index is 14.1. The van der Waals surface area contributed by atoms with Gasteiger partial charge >= 0.3 is 0 Å². The first-order valence-electron chi connectivity index (χ1n) is 7.36. The summed E-state index contributed by atoms with van der Waals surface area (Å²) in [4.78, 5) is 0. The van der Waals surface area contributed by atoms with Crippen LogP contribution in [0.2, 0.25) is 4.34 Å². The van der Waals surface area contributed by atoms with Crippen LogP contribution < -0.4 is 0 Å². The zero-order valence-corrected chi connectivity index (χ0v) is 15.6. The normalized spacial score (nSPS) is 21.8. The summed E-state index contributed by atoms with van der Waals surface area (Å²) < 4.78 is 47.8. The van der Waals surface area contributed by atoms with Gasteiger partial charge in [0.2, 0.25) is 0 Å². The Morgan fingerprint density at radius 1 is 1.29 bits per heavy atom. The van der Waals surface area contributed by atoms with E-state index < -0.39 is 27.5 Å². The van der Waals surface area contributed by atoms with E-state index in [1.165, 1.54) is 16.4 Å². The molecule has 0 bridgehead atoms. The molecule has 2 aromatic rings. The first-order chi connectivity index (χ1) is 11.2. The van der Waals surface area contributed by atoms with Crippen molar-refractivity contribution < 1.29 is 17.5 Å². The SMILES string of the molecule is CC1(C)COC(c2ccccc2F)CN1S(=O)(=O)c1ccc(Cl)s1. The van der Waals surface area contributed by atoms with Crippen molar-refractivity contribution in [3.05, 3.63) is 52.1 Å². The summed E-state index contributed by atoms with van der Waals surface area (Å²) in [6.07, 6.45) is -0.649. The number of ether oxygens (including phenoxy) is 1. The highest BCUT2D eigenvalue weighted by Gasteiger charge is 2.44. The van der Waals surface area contributed by atoms with Gasteiger partial charge < -0.3 is 4.74 Å². The van der Waals surface area contributed by atoms with Crippen LogP contribution in [-0.4, -0.2) is 31.4 Å². The minimum atomic E-state index is -3.74. The Hall–Kier alpha value is -0.990. The first-order valence-corrected chi connectivity index (χ1v) is 9.99. The fraction of sp³-hybridized carbons (Fsp3) is 0.375. The minimum absolute atomic E-state index is 0.0474.